The topological polar surface area (TPSA) is 80.2 Å². The smallest absolute Gasteiger partial charge is 0.227 e. The van der Waals surface area contributed by atoms with Crippen molar-refractivity contribution in [3.8, 4) is 16.5 Å². The second-order valence-corrected chi connectivity index (χ2v) is 6.65. The molecule has 1 fully saturated rings. The van der Waals surface area contributed by atoms with E-state index >= 15 is 0 Å². The van der Waals surface area contributed by atoms with E-state index in [0.717, 1.165) is 29.4 Å². The third-order valence-corrected chi connectivity index (χ3v) is 4.90. The fraction of sp³-hybridized carbons (Fsp3) is 0.222. The molecule has 4 rings (SSSR count). The molecule has 7 nitrogen and oxygen atoms in total. The molecular weight excluding hydrogens is 421 g/mol. The fourth-order valence-electron chi connectivity index (χ4n) is 2.83. The molecule has 28 heavy (non-hydrogen) atoms. The van der Waals surface area contributed by atoms with Crippen molar-refractivity contribution in [2.75, 3.05) is 23.9 Å². The first-order valence-corrected chi connectivity index (χ1v) is 9.11. The zero-order valence-electron chi connectivity index (χ0n) is 15.0. The number of rotatable bonds is 5. The zero-order valence-corrected chi connectivity index (χ0v) is 17.4. The van der Waals surface area contributed by atoms with E-state index in [1.165, 1.54) is 11.3 Å². The summed E-state index contributed by atoms with van der Waals surface area (Å²) < 4.78 is 5.39. The van der Waals surface area contributed by atoms with Gasteiger partial charge in [-0.2, -0.15) is 0 Å². The lowest BCUT2D eigenvalue weighted by Gasteiger charge is -2.16. The van der Waals surface area contributed by atoms with Crippen molar-refractivity contribution in [1.29, 1.82) is 0 Å². The molecule has 0 aliphatic carbocycles. The summed E-state index contributed by atoms with van der Waals surface area (Å²) in [6.45, 7) is 0.749. The molecule has 3 aromatic heterocycles. The number of nitrogens with zero attached hydrogens (tertiary/aromatic N) is 4. The van der Waals surface area contributed by atoms with Gasteiger partial charge in [0.1, 0.15) is 16.5 Å². The van der Waals surface area contributed by atoms with Crippen LogP contribution < -0.4 is 15.0 Å². The van der Waals surface area contributed by atoms with Gasteiger partial charge in [0.2, 0.25) is 5.91 Å². The summed E-state index contributed by atoms with van der Waals surface area (Å²) in [7, 11) is 1.60. The van der Waals surface area contributed by atoms with E-state index in [4.69, 9.17) is 4.74 Å². The quantitative estimate of drug-likeness (QED) is 0.637. The van der Waals surface area contributed by atoms with Gasteiger partial charge in [-0.1, -0.05) is 0 Å². The zero-order chi connectivity index (χ0) is 17.9. The summed E-state index contributed by atoms with van der Waals surface area (Å²) in [5, 5.41) is 5.93. The number of aromatic nitrogens is 3. The van der Waals surface area contributed by atoms with Crippen molar-refractivity contribution in [3.05, 3.63) is 42.0 Å². The molecule has 0 radical (unpaired) electrons. The Labute approximate surface area is 179 Å². The SMILES string of the molecule is COc1ccc(-c2nccs2)nc1Nc1ccc(N2CCCC2=O)cn1.Cl.Cl. The van der Waals surface area contributed by atoms with E-state index in [2.05, 4.69) is 20.3 Å². The number of ether oxygens (including phenoxy) is 1. The number of pyridine rings is 2. The molecule has 0 unspecified atom stereocenters. The molecule has 1 amide bonds. The monoisotopic (exact) mass is 439 g/mol. The van der Waals surface area contributed by atoms with E-state index in [1.54, 1.807) is 24.4 Å². The lowest BCUT2D eigenvalue weighted by Crippen LogP contribution is -2.23. The van der Waals surface area contributed by atoms with Crippen LogP contribution in [0, 0.1) is 0 Å². The predicted molar refractivity (Wildman–Crippen MR) is 115 cm³/mol. The van der Waals surface area contributed by atoms with Crippen LogP contribution >= 0.6 is 36.2 Å². The Morgan fingerprint density at radius 3 is 2.64 bits per heavy atom. The summed E-state index contributed by atoms with van der Waals surface area (Å²) in [6.07, 6.45) is 4.94. The Morgan fingerprint density at radius 2 is 2.04 bits per heavy atom. The van der Waals surface area contributed by atoms with Gasteiger partial charge in [-0.25, -0.2) is 15.0 Å². The Balaban J connectivity index is 0.00000140. The summed E-state index contributed by atoms with van der Waals surface area (Å²) in [5.41, 5.74) is 1.58. The lowest BCUT2D eigenvalue weighted by atomic mass is 10.3. The van der Waals surface area contributed by atoms with Crippen molar-refractivity contribution in [2.45, 2.75) is 12.8 Å². The summed E-state index contributed by atoms with van der Waals surface area (Å²) in [6, 6.07) is 7.44. The van der Waals surface area contributed by atoms with Crippen LogP contribution in [0.2, 0.25) is 0 Å². The highest BCUT2D eigenvalue weighted by atomic mass is 35.5. The molecule has 0 aromatic carbocycles. The van der Waals surface area contributed by atoms with Gasteiger partial charge in [0, 0.05) is 24.5 Å². The second kappa shape index (κ2) is 9.68. The molecule has 1 aliphatic heterocycles. The van der Waals surface area contributed by atoms with Gasteiger partial charge in [0.25, 0.3) is 0 Å². The first-order chi connectivity index (χ1) is 12.7. The molecule has 1 N–H and O–H groups in total. The van der Waals surface area contributed by atoms with Crippen LogP contribution in [0.1, 0.15) is 12.8 Å². The van der Waals surface area contributed by atoms with Crippen molar-refractivity contribution in [2.24, 2.45) is 0 Å². The Hall–Kier alpha value is -2.42. The van der Waals surface area contributed by atoms with E-state index in [0.29, 0.717) is 23.8 Å². The summed E-state index contributed by atoms with van der Waals surface area (Å²) in [4.78, 5) is 26.9. The normalized spacial score (nSPS) is 12.9. The third-order valence-electron chi connectivity index (χ3n) is 4.11. The number of amides is 1. The highest BCUT2D eigenvalue weighted by Gasteiger charge is 2.21. The number of thiazole rings is 1. The largest absolute Gasteiger partial charge is 0.493 e. The second-order valence-electron chi connectivity index (χ2n) is 5.76. The molecule has 10 heteroatoms. The number of carbonyl (C=O) groups excluding carboxylic acids is 1. The van der Waals surface area contributed by atoms with Crippen molar-refractivity contribution in [1.82, 2.24) is 15.0 Å². The van der Waals surface area contributed by atoms with Gasteiger partial charge in [-0.3, -0.25) is 4.79 Å². The van der Waals surface area contributed by atoms with Crippen LogP contribution in [0.5, 0.6) is 5.75 Å². The molecule has 0 spiro atoms. The van der Waals surface area contributed by atoms with Gasteiger partial charge in [0.05, 0.1) is 19.0 Å². The maximum absolute atomic E-state index is 11.8. The van der Waals surface area contributed by atoms with Gasteiger partial charge in [-0.05, 0) is 30.7 Å². The van der Waals surface area contributed by atoms with E-state index in [-0.39, 0.29) is 30.7 Å². The van der Waals surface area contributed by atoms with Crippen molar-refractivity contribution in [3.63, 3.8) is 0 Å². The standard InChI is InChI=1S/C18H17N5O2S.2ClH/c1-25-14-6-5-13(18-19-8-10-26-18)21-17(14)22-15-7-4-12(11-20-15)23-9-2-3-16(23)24;;/h4-8,10-11H,2-3,9H2,1H3,(H,20,21,22);2*1H. The fourth-order valence-corrected chi connectivity index (χ4v) is 3.44. The minimum Gasteiger partial charge on any atom is -0.493 e. The molecule has 1 saturated heterocycles. The number of carbonyl (C=O) groups is 1. The molecular formula is C18H19Cl2N5O2S. The maximum atomic E-state index is 11.8. The molecule has 3 aromatic rings. The summed E-state index contributed by atoms with van der Waals surface area (Å²) >= 11 is 1.53. The predicted octanol–water partition coefficient (Wildman–Crippen LogP) is 4.32. The molecule has 0 atom stereocenters. The number of methoxy groups -OCH3 is 1. The van der Waals surface area contributed by atoms with Crippen LogP contribution in [-0.2, 0) is 4.79 Å². The number of anilines is 3. The first-order valence-electron chi connectivity index (χ1n) is 8.23. The van der Waals surface area contributed by atoms with Crippen LogP contribution in [0.15, 0.2) is 42.0 Å². The average Bonchev–Trinajstić information content (AvgIpc) is 3.34. The van der Waals surface area contributed by atoms with Gasteiger partial charge < -0.3 is 15.0 Å². The van der Waals surface area contributed by atoms with Crippen LogP contribution in [0.3, 0.4) is 0 Å². The lowest BCUT2D eigenvalue weighted by molar-refractivity contribution is -0.117. The van der Waals surface area contributed by atoms with Crippen LogP contribution in [-0.4, -0.2) is 34.5 Å². The maximum Gasteiger partial charge on any atom is 0.227 e. The van der Waals surface area contributed by atoms with Gasteiger partial charge >= 0.3 is 0 Å². The van der Waals surface area contributed by atoms with Gasteiger partial charge in [0.15, 0.2) is 11.6 Å². The molecule has 0 saturated carbocycles. The number of nitrogens with one attached hydrogen (secondary N) is 1. The van der Waals surface area contributed by atoms with Crippen molar-refractivity contribution < 1.29 is 9.53 Å². The number of hydrogen-bond donors (Lipinski definition) is 1. The third kappa shape index (κ3) is 4.52. The Bertz CT molecular complexity index is 922. The minimum atomic E-state index is 0. The van der Waals surface area contributed by atoms with Crippen LogP contribution in [0.25, 0.3) is 10.7 Å². The van der Waals surface area contributed by atoms with Crippen molar-refractivity contribution >= 4 is 59.4 Å². The minimum absolute atomic E-state index is 0. The van der Waals surface area contributed by atoms with E-state index in [9.17, 15) is 4.79 Å². The Morgan fingerprint density at radius 1 is 1.18 bits per heavy atom. The molecule has 0 bridgehead atoms. The highest BCUT2D eigenvalue weighted by molar-refractivity contribution is 7.13. The van der Waals surface area contributed by atoms with E-state index in [1.807, 2.05) is 29.6 Å². The highest BCUT2D eigenvalue weighted by Crippen LogP contribution is 2.30. The Kier molecular flexibility index (Phi) is 7.56. The van der Waals surface area contributed by atoms with Crippen LogP contribution in [0.4, 0.5) is 17.3 Å². The number of hydrogen-bond acceptors (Lipinski definition) is 7. The van der Waals surface area contributed by atoms with E-state index < -0.39 is 0 Å². The molecule has 148 valence electrons. The van der Waals surface area contributed by atoms with Gasteiger partial charge in [-0.15, -0.1) is 36.2 Å². The molecule has 4 heterocycles. The average molecular weight is 440 g/mol. The molecule has 1 aliphatic rings. The first kappa shape index (κ1) is 21.9. The number of halogens is 2. The summed E-state index contributed by atoms with van der Waals surface area (Å²) in [5.74, 6) is 1.96.